The number of methoxy groups -OCH3 is 2. The molecule has 5 rings (SSSR count). The molecule has 0 N–H and O–H groups in total. The molecule has 2 aromatic rings. The van der Waals surface area contributed by atoms with Crippen molar-refractivity contribution in [2.75, 3.05) is 60.3 Å². The molecule has 180 valence electrons. The highest BCUT2D eigenvalue weighted by Gasteiger charge is 2.35. The average molecular weight is 467 g/mol. The number of benzene rings is 2. The van der Waals surface area contributed by atoms with Crippen LogP contribution in [0.25, 0.3) is 6.08 Å². The van der Waals surface area contributed by atoms with Gasteiger partial charge in [0.05, 0.1) is 38.6 Å². The minimum absolute atomic E-state index is 0.126. The molecule has 1 saturated heterocycles. The molecule has 1 fully saturated rings. The topological polar surface area (TPSA) is 69.7 Å². The van der Waals surface area contributed by atoms with Crippen molar-refractivity contribution in [2.24, 2.45) is 0 Å². The summed E-state index contributed by atoms with van der Waals surface area (Å²) in [4.78, 5) is 18.0. The maximum Gasteiger partial charge on any atom is 0.232 e. The summed E-state index contributed by atoms with van der Waals surface area (Å²) in [7, 11) is 3.19. The van der Waals surface area contributed by atoms with Crippen molar-refractivity contribution in [1.29, 1.82) is 0 Å². The van der Waals surface area contributed by atoms with Crippen molar-refractivity contribution in [3.63, 3.8) is 0 Å². The Hall–Kier alpha value is -3.07. The molecule has 0 amide bonds. The van der Waals surface area contributed by atoms with Crippen LogP contribution in [0.5, 0.6) is 23.0 Å². The Morgan fingerprint density at radius 1 is 1.06 bits per heavy atom. The first-order valence-electron chi connectivity index (χ1n) is 11.6. The zero-order valence-corrected chi connectivity index (χ0v) is 19.9. The molecule has 8 heteroatoms. The number of hydrogen-bond donors (Lipinski definition) is 0. The third-order valence-corrected chi connectivity index (χ3v) is 6.55. The van der Waals surface area contributed by atoms with Crippen LogP contribution in [0.3, 0.4) is 0 Å². The first kappa shape index (κ1) is 22.7. The number of ketones is 1. The van der Waals surface area contributed by atoms with E-state index in [1.807, 2.05) is 25.1 Å². The van der Waals surface area contributed by atoms with Gasteiger partial charge in [0.1, 0.15) is 29.7 Å². The monoisotopic (exact) mass is 466 g/mol. The molecular weight excluding hydrogens is 436 g/mol. The van der Waals surface area contributed by atoms with Crippen molar-refractivity contribution in [2.45, 2.75) is 13.5 Å². The second-order valence-corrected chi connectivity index (χ2v) is 8.70. The van der Waals surface area contributed by atoms with E-state index in [1.54, 1.807) is 26.4 Å². The number of morpholine rings is 1. The van der Waals surface area contributed by atoms with Crippen molar-refractivity contribution in [3.05, 3.63) is 52.3 Å². The maximum absolute atomic E-state index is 13.3. The van der Waals surface area contributed by atoms with Gasteiger partial charge in [0, 0.05) is 44.4 Å². The second-order valence-electron chi connectivity index (χ2n) is 8.70. The molecule has 3 heterocycles. The Kier molecular flexibility index (Phi) is 6.45. The second kappa shape index (κ2) is 9.66. The summed E-state index contributed by atoms with van der Waals surface area (Å²) in [6, 6.07) is 7.41. The molecular formula is C26H30N2O6. The number of carbonyl (C=O) groups excluding carboxylic acids is 1. The molecule has 8 nitrogen and oxygen atoms in total. The van der Waals surface area contributed by atoms with Gasteiger partial charge >= 0.3 is 0 Å². The number of rotatable bonds is 6. The van der Waals surface area contributed by atoms with E-state index in [-0.39, 0.29) is 11.5 Å². The fourth-order valence-corrected chi connectivity index (χ4v) is 4.61. The highest BCUT2D eigenvalue weighted by molar-refractivity contribution is 6.16. The van der Waals surface area contributed by atoms with E-state index >= 15 is 0 Å². The Morgan fingerprint density at radius 3 is 2.62 bits per heavy atom. The Labute approximate surface area is 199 Å². The van der Waals surface area contributed by atoms with E-state index in [1.165, 1.54) is 0 Å². The number of nitrogens with zero attached hydrogens (tertiary/aromatic N) is 2. The molecule has 0 spiro atoms. The number of allylic oxidation sites excluding steroid dienone is 1. The summed E-state index contributed by atoms with van der Waals surface area (Å²) in [5.74, 6) is 2.83. The van der Waals surface area contributed by atoms with Gasteiger partial charge < -0.3 is 23.7 Å². The average Bonchev–Trinajstić information content (AvgIpc) is 3.20. The standard InChI is InChI=1S/C26H30N2O6/c1-17-12-22-20(15-28(16-33-22)7-6-27-8-10-32-11-9-27)26-24(17)25(29)23(34-26)13-18-4-5-19(30-2)14-21(18)31-3/h4-5,12-14H,6-11,15-16H2,1-3H3/b23-13-. The lowest BCUT2D eigenvalue weighted by Crippen LogP contribution is -2.43. The SMILES string of the molecule is COc1ccc(/C=C2\Oc3c4c(cc(C)c3C2=O)OCN(CCN2CCOCC2)C4)c(OC)c1. The number of fused-ring (bicyclic) bond motifs is 3. The summed E-state index contributed by atoms with van der Waals surface area (Å²) >= 11 is 0. The lowest BCUT2D eigenvalue weighted by Gasteiger charge is -2.33. The molecule has 0 atom stereocenters. The molecule has 0 aromatic heterocycles. The Morgan fingerprint density at radius 2 is 1.85 bits per heavy atom. The maximum atomic E-state index is 13.3. The Bertz CT molecular complexity index is 1120. The van der Waals surface area contributed by atoms with E-state index in [0.717, 1.165) is 61.8 Å². The van der Waals surface area contributed by atoms with Crippen LogP contribution in [-0.4, -0.2) is 75.9 Å². The minimum Gasteiger partial charge on any atom is -0.497 e. The first-order valence-corrected chi connectivity index (χ1v) is 11.6. The van der Waals surface area contributed by atoms with E-state index in [0.29, 0.717) is 36.1 Å². The van der Waals surface area contributed by atoms with Gasteiger partial charge in [-0.2, -0.15) is 0 Å². The molecule has 0 aliphatic carbocycles. The van der Waals surface area contributed by atoms with Gasteiger partial charge in [0.25, 0.3) is 0 Å². The molecule has 0 saturated carbocycles. The molecule has 0 bridgehead atoms. The molecule has 34 heavy (non-hydrogen) atoms. The van der Waals surface area contributed by atoms with Crippen LogP contribution in [-0.2, 0) is 11.3 Å². The Balaban J connectivity index is 1.39. The number of aryl methyl sites for hydroxylation is 1. The predicted molar refractivity (Wildman–Crippen MR) is 127 cm³/mol. The lowest BCUT2D eigenvalue weighted by molar-refractivity contribution is 0.0239. The van der Waals surface area contributed by atoms with Gasteiger partial charge in [-0.05, 0) is 36.8 Å². The summed E-state index contributed by atoms with van der Waals surface area (Å²) < 4.78 is 28.5. The molecule has 3 aliphatic rings. The normalized spacial score (nSPS) is 19.4. The van der Waals surface area contributed by atoms with Crippen molar-refractivity contribution >= 4 is 11.9 Å². The summed E-state index contributed by atoms with van der Waals surface area (Å²) in [5, 5.41) is 0. The molecule has 0 radical (unpaired) electrons. The predicted octanol–water partition coefficient (Wildman–Crippen LogP) is 3.11. The lowest BCUT2D eigenvalue weighted by atomic mass is 9.98. The zero-order valence-electron chi connectivity index (χ0n) is 19.9. The smallest absolute Gasteiger partial charge is 0.232 e. The van der Waals surface area contributed by atoms with Crippen LogP contribution in [0, 0.1) is 6.92 Å². The highest BCUT2D eigenvalue weighted by atomic mass is 16.5. The van der Waals surface area contributed by atoms with E-state index in [4.69, 9.17) is 23.7 Å². The summed E-state index contributed by atoms with van der Waals surface area (Å²) in [5.41, 5.74) is 3.13. The number of Topliss-reactive ketones (excluding diaryl/α,β-unsaturated/α-hetero) is 1. The summed E-state index contributed by atoms with van der Waals surface area (Å²) in [6.07, 6.45) is 1.73. The van der Waals surface area contributed by atoms with Gasteiger partial charge in [0.2, 0.25) is 5.78 Å². The highest BCUT2D eigenvalue weighted by Crippen LogP contribution is 2.44. The zero-order chi connectivity index (χ0) is 23.7. The van der Waals surface area contributed by atoms with Gasteiger partial charge in [-0.3, -0.25) is 14.6 Å². The van der Waals surface area contributed by atoms with Gasteiger partial charge in [0.15, 0.2) is 5.76 Å². The van der Waals surface area contributed by atoms with Crippen LogP contribution < -0.4 is 18.9 Å². The van der Waals surface area contributed by atoms with Gasteiger partial charge in [-0.1, -0.05) is 0 Å². The van der Waals surface area contributed by atoms with Crippen molar-refractivity contribution < 1.29 is 28.5 Å². The molecule has 2 aromatic carbocycles. The van der Waals surface area contributed by atoms with Crippen LogP contribution >= 0.6 is 0 Å². The van der Waals surface area contributed by atoms with E-state index in [9.17, 15) is 4.79 Å². The number of carbonyl (C=O) groups is 1. The van der Waals surface area contributed by atoms with Crippen LogP contribution in [0.2, 0.25) is 0 Å². The fourth-order valence-electron chi connectivity index (χ4n) is 4.61. The molecule has 3 aliphatic heterocycles. The number of hydrogen-bond acceptors (Lipinski definition) is 8. The van der Waals surface area contributed by atoms with E-state index < -0.39 is 0 Å². The largest absolute Gasteiger partial charge is 0.497 e. The third-order valence-electron chi connectivity index (χ3n) is 6.55. The van der Waals surface area contributed by atoms with Crippen LogP contribution in [0.4, 0.5) is 0 Å². The van der Waals surface area contributed by atoms with Crippen LogP contribution in [0.1, 0.15) is 27.0 Å². The molecule has 0 unspecified atom stereocenters. The van der Waals surface area contributed by atoms with E-state index in [2.05, 4.69) is 9.80 Å². The quantitative estimate of drug-likeness (QED) is 0.602. The first-order chi connectivity index (χ1) is 16.6. The van der Waals surface area contributed by atoms with Crippen LogP contribution in [0.15, 0.2) is 30.0 Å². The van der Waals surface area contributed by atoms with Crippen molar-refractivity contribution in [1.82, 2.24) is 9.80 Å². The van der Waals surface area contributed by atoms with Gasteiger partial charge in [-0.25, -0.2) is 0 Å². The van der Waals surface area contributed by atoms with Crippen molar-refractivity contribution in [3.8, 4) is 23.0 Å². The van der Waals surface area contributed by atoms with Gasteiger partial charge in [-0.15, -0.1) is 0 Å². The minimum atomic E-state index is -0.126. The fraction of sp³-hybridized carbons (Fsp3) is 0.423. The third kappa shape index (κ3) is 4.36. The summed E-state index contributed by atoms with van der Waals surface area (Å²) in [6.45, 7) is 8.45. The number of ether oxygens (including phenoxy) is 5.